The molecule has 0 aromatic rings. The highest BCUT2D eigenvalue weighted by Gasteiger charge is 2.60. The van der Waals surface area contributed by atoms with Crippen LogP contribution in [-0.4, -0.2) is 50.0 Å². The van der Waals surface area contributed by atoms with Gasteiger partial charge in [0.1, 0.15) is 5.41 Å². The van der Waals surface area contributed by atoms with Gasteiger partial charge in [-0.1, -0.05) is 45.4 Å². The van der Waals surface area contributed by atoms with Crippen LogP contribution in [0.4, 0.5) is 0 Å². The molecular weight excluding hydrogens is 374 g/mol. The Morgan fingerprint density at radius 3 is 1.76 bits per heavy atom. The predicted octanol–water partition coefficient (Wildman–Crippen LogP) is 4.89. The number of hydroxylamine groups is 1. The molecule has 0 radical (unpaired) electrons. The number of carbonyl (C=O) groups is 1. The molecule has 0 amide bonds. The zero-order valence-electron chi connectivity index (χ0n) is 19.4. The summed E-state index contributed by atoms with van der Waals surface area (Å²) in [4.78, 5) is 17.9. The summed E-state index contributed by atoms with van der Waals surface area (Å²) in [7, 11) is 0. The Morgan fingerprint density at radius 1 is 0.759 bits per heavy atom. The molecular formula is C22H45NO6. The second-order valence-electron chi connectivity index (χ2n) is 7.19. The quantitative estimate of drug-likeness (QED) is 0.156. The predicted molar refractivity (Wildman–Crippen MR) is 115 cm³/mol. The highest BCUT2D eigenvalue weighted by atomic mass is 16.9. The molecule has 0 aromatic carbocycles. The van der Waals surface area contributed by atoms with Crippen LogP contribution in [-0.2, 0) is 23.8 Å². The molecule has 0 fully saturated rings. The molecule has 7 heteroatoms. The normalized spacial score (nSPS) is 14.1. The maximum atomic E-state index is 12.7. The fraction of sp³-hybridized carbons (Fsp3) is 0.955. The third-order valence-electron chi connectivity index (χ3n) is 5.08. The molecule has 1 atom stereocenters. The molecule has 0 aliphatic carbocycles. The number of unbranched alkanes of at least 4 members (excludes halogenated alkanes) is 5. The third kappa shape index (κ3) is 9.30. The first-order chi connectivity index (χ1) is 14.0. The van der Waals surface area contributed by atoms with Crippen molar-refractivity contribution >= 4 is 5.97 Å². The molecule has 0 aliphatic rings. The molecule has 1 unspecified atom stereocenters. The van der Waals surface area contributed by atoms with E-state index in [1.165, 1.54) is 19.3 Å². The van der Waals surface area contributed by atoms with Gasteiger partial charge in [0.25, 0.3) is 5.97 Å². The van der Waals surface area contributed by atoms with E-state index >= 15 is 0 Å². The first-order valence-electron chi connectivity index (χ1n) is 11.5. The van der Waals surface area contributed by atoms with Crippen molar-refractivity contribution in [2.75, 3.05) is 33.0 Å². The lowest BCUT2D eigenvalue weighted by molar-refractivity contribution is -0.423. The lowest BCUT2D eigenvalue weighted by Gasteiger charge is -2.46. The largest absolute Gasteiger partial charge is 0.481 e. The van der Waals surface area contributed by atoms with Gasteiger partial charge in [0.2, 0.25) is 0 Å². The van der Waals surface area contributed by atoms with Crippen LogP contribution < -0.4 is 5.48 Å². The summed E-state index contributed by atoms with van der Waals surface area (Å²) in [6, 6.07) is 0. The molecule has 7 nitrogen and oxygen atoms in total. The number of hydrogen-bond donors (Lipinski definition) is 2. The first-order valence-corrected chi connectivity index (χ1v) is 11.5. The third-order valence-corrected chi connectivity index (χ3v) is 5.08. The molecule has 174 valence electrons. The molecule has 0 aliphatic heterocycles. The number of carboxylic acid groups (broad SMARTS) is 1. The molecule has 0 heterocycles. The summed E-state index contributed by atoms with van der Waals surface area (Å²) in [5.74, 6) is -2.52. The molecule has 0 saturated heterocycles. The van der Waals surface area contributed by atoms with Crippen LogP contribution in [0.2, 0.25) is 0 Å². The zero-order valence-corrected chi connectivity index (χ0v) is 19.4. The van der Waals surface area contributed by atoms with Crippen molar-refractivity contribution < 1.29 is 28.9 Å². The lowest BCUT2D eigenvalue weighted by Crippen LogP contribution is -2.59. The Hall–Kier alpha value is -0.730. The Morgan fingerprint density at radius 2 is 1.28 bits per heavy atom. The van der Waals surface area contributed by atoms with Crippen LogP contribution >= 0.6 is 0 Å². The van der Waals surface area contributed by atoms with Gasteiger partial charge in [0.05, 0.1) is 6.61 Å². The van der Waals surface area contributed by atoms with Crippen molar-refractivity contribution in [1.29, 1.82) is 0 Å². The Kier molecular flexibility index (Phi) is 16.6. The topological polar surface area (TPSA) is 86.3 Å². The Bertz CT molecular complexity index is 390. The number of aliphatic carboxylic acids is 1. The van der Waals surface area contributed by atoms with E-state index in [1.54, 1.807) is 0 Å². The van der Waals surface area contributed by atoms with Gasteiger partial charge in [0.15, 0.2) is 0 Å². The van der Waals surface area contributed by atoms with Gasteiger partial charge in [-0.15, -0.1) is 0 Å². The second kappa shape index (κ2) is 17.0. The summed E-state index contributed by atoms with van der Waals surface area (Å²) >= 11 is 0. The molecule has 0 spiro atoms. The molecule has 0 aromatic heterocycles. The average Bonchev–Trinajstić information content (AvgIpc) is 2.69. The van der Waals surface area contributed by atoms with E-state index in [4.69, 9.17) is 19.0 Å². The van der Waals surface area contributed by atoms with Crippen molar-refractivity contribution in [2.45, 2.75) is 98.4 Å². The van der Waals surface area contributed by atoms with Gasteiger partial charge in [-0.05, 0) is 47.0 Å². The van der Waals surface area contributed by atoms with E-state index in [1.807, 2.05) is 27.7 Å². The maximum absolute atomic E-state index is 12.7. The molecule has 2 N–H and O–H groups in total. The van der Waals surface area contributed by atoms with Gasteiger partial charge in [-0.25, -0.2) is 5.48 Å². The fourth-order valence-electron chi connectivity index (χ4n) is 3.73. The minimum atomic E-state index is -1.59. The zero-order chi connectivity index (χ0) is 22.0. The summed E-state index contributed by atoms with van der Waals surface area (Å²) in [5, 5.41) is 10.4. The maximum Gasteiger partial charge on any atom is 0.317 e. The number of ether oxygens (including phenoxy) is 3. The number of rotatable bonds is 21. The summed E-state index contributed by atoms with van der Waals surface area (Å²) in [6.07, 6.45) is 7.92. The minimum absolute atomic E-state index is 0.308. The van der Waals surface area contributed by atoms with Crippen molar-refractivity contribution in [1.82, 2.24) is 5.48 Å². The van der Waals surface area contributed by atoms with Crippen LogP contribution in [0.1, 0.15) is 92.4 Å². The standard InChI is InChI=1S/C22H45NO6/c1-6-11-12-13-14-15-17-21(20(24)25,18-16-19-23-29-10-5)22(26-7-2,27-8-3)28-9-4/h23H,6-19H2,1-5H3,(H,24,25). The van der Waals surface area contributed by atoms with E-state index in [0.717, 1.165) is 19.3 Å². The van der Waals surface area contributed by atoms with Gasteiger partial charge >= 0.3 is 5.97 Å². The van der Waals surface area contributed by atoms with E-state index in [-0.39, 0.29) is 0 Å². The minimum Gasteiger partial charge on any atom is -0.481 e. The molecule has 0 saturated carbocycles. The summed E-state index contributed by atoms with van der Waals surface area (Å²) in [5.41, 5.74) is 1.59. The second-order valence-corrected chi connectivity index (χ2v) is 7.19. The van der Waals surface area contributed by atoms with Crippen molar-refractivity contribution in [3.63, 3.8) is 0 Å². The first kappa shape index (κ1) is 28.3. The monoisotopic (exact) mass is 419 g/mol. The fourth-order valence-corrected chi connectivity index (χ4v) is 3.73. The Balaban J connectivity index is 5.56. The number of hydrogen-bond acceptors (Lipinski definition) is 6. The summed E-state index contributed by atoms with van der Waals surface area (Å²) < 4.78 is 17.8. The van der Waals surface area contributed by atoms with Crippen LogP contribution in [0.25, 0.3) is 0 Å². The van der Waals surface area contributed by atoms with Gasteiger partial charge < -0.3 is 24.2 Å². The molecule has 0 bridgehead atoms. The average molecular weight is 420 g/mol. The van der Waals surface area contributed by atoms with Crippen LogP contribution in [0.3, 0.4) is 0 Å². The van der Waals surface area contributed by atoms with Crippen molar-refractivity contribution in [3.8, 4) is 0 Å². The highest BCUT2D eigenvalue weighted by Crippen LogP contribution is 2.46. The van der Waals surface area contributed by atoms with Gasteiger partial charge in [-0.3, -0.25) is 4.79 Å². The van der Waals surface area contributed by atoms with Crippen LogP contribution in [0, 0.1) is 5.41 Å². The van der Waals surface area contributed by atoms with E-state index in [9.17, 15) is 9.90 Å². The van der Waals surface area contributed by atoms with Crippen molar-refractivity contribution in [2.24, 2.45) is 5.41 Å². The smallest absolute Gasteiger partial charge is 0.317 e. The molecule has 0 rings (SSSR count). The van der Waals surface area contributed by atoms with E-state index < -0.39 is 17.4 Å². The van der Waals surface area contributed by atoms with Gasteiger partial charge in [0, 0.05) is 26.4 Å². The SMILES string of the molecule is CCCCCCCCC(CCCNOCC)(C(=O)O)C(OCC)(OCC)OCC. The lowest BCUT2D eigenvalue weighted by atomic mass is 9.75. The van der Waals surface area contributed by atoms with E-state index in [0.29, 0.717) is 52.2 Å². The van der Waals surface area contributed by atoms with Crippen LogP contribution in [0.15, 0.2) is 0 Å². The summed E-state index contributed by atoms with van der Waals surface area (Å²) in [6.45, 7) is 11.6. The van der Waals surface area contributed by atoms with Crippen molar-refractivity contribution in [3.05, 3.63) is 0 Å². The van der Waals surface area contributed by atoms with Crippen LogP contribution in [0.5, 0.6) is 0 Å². The highest BCUT2D eigenvalue weighted by molar-refractivity contribution is 5.75. The molecule has 29 heavy (non-hydrogen) atoms. The Labute approximate surface area is 177 Å². The van der Waals surface area contributed by atoms with Gasteiger partial charge in [-0.2, -0.15) is 0 Å². The number of carboxylic acids is 1. The van der Waals surface area contributed by atoms with E-state index in [2.05, 4.69) is 12.4 Å². The number of nitrogens with one attached hydrogen (secondary N) is 1.